The van der Waals surface area contributed by atoms with E-state index in [1.54, 1.807) is 0 Å². The van der Waals surface area contributed by atoms with Crippen molar-refractivity contribution in [1.82, 2.24) is 4.90 Å². The van der Waals surface area contributed by atoms with Crippen LogP contribution in [0.3, 0.4) is 0 Å². The van der Waals surface area contributed by atoms with E-state index in [0.717, 1.165) is 44.5 Å². The Morgan fingerprint density at radius 1 is 1.26 bits per heavy atom. The van der Waals surface area contributed by atoms with Crippen molar-refractivity contribution in [2.75, 3.05) is 19.6 Å². The summed E-state index contributed by atoms with van der Waals surface area (Å²) in [7, 11) is 0. The topological polar surface area (TPSA) is 46.3 Å². The van der Waals surface area contributed by atoms with Crippen molar-refractivity contribution in [2.45, 2.75) is 19.3 Å². The number of benzene rings is 1. The van der Waals surface area contributed by atoms with Crippen LogP contribution in [0.1, 0.15) is 24.8 Å². The minimum absolute atomic E-state index is 0.0601. The van der Waals surface area contributed by atoms with Gasteiger partial charge in [-0.05, 0) is 43.9 Å². The van der Waals surface area contributed by atoms with Crippen molar-refractivity contribution < 1.29 is 4.79 Å². The smallest absolute Gasteiger partial charge is 0.298 e. The lowest BCUT2D eigenvalue weighted by Crippen LogP contribution is -2.38. The molecule has 0 atom stereocenters. The Hall–Kier alpha value is -1.79. The zero-order chi connectivity index (χ0) is 13.5. The van der Waals surface area contributed by atoms with Crippen LogP contribution in [0, 0.1) is 17.8 Å². The quantitative estimate of drug-likeness (QED) is 0.817. The third-order valence-corrected chi connectivity index (χ3v) is 3.56. The molecule has 1 saturated heterocycles. The van der Waals surface area contributed by atoms with Gasteiger partial charge in [0.05, 0.1) is 0 Å². The number of rotatable bonds is 2. The first kappa shape index (κ1) is 13.6. The zero-order valence-electron chi connectivity index (χ0n) is 11.1. The van der Waals surface area contributed by atoms with E-state index < -0.39 is 0 Å². The molecule has 0 bridgehead atoms. The SMILES string of the molecule is NCCC1CCN(C(=O)C#Cc2ccccc2)CC1. The van der Waals surface area contributed by atoms with Gasteiger partial charge in [-0.2, -0.15) is 0 Å². The Kier molecular flexibility index (Phi) is 5.00. The predicted molar refractivity (Wildman–Crippen MR) is 76.3 cm³/mol. The number of likely N-dealkylation sites (tertiary alicyclic amines) is 1. The van der Waals surface area contributed by atoms with Crippen molar-refractivity contribution in [1.29, 1.82) is 0 Å². The molecule has 0 radical (unpaired) electrons. The molecule has 100 valence electrons. The van der Waals surface area contributed by atoms with Crippen LogP contribution < -0.4 is 5.73 Å². The predicted octanol–water partition coefficient (Wildman–Crippen LogP) is 1.63. The fraction of sp³-hybridized carbons (Fsp3) is 0.438. The molecule has 1 heterocycles. The second kappa shape index (κ2) is 6.96. The van der Waals surface area contributed by atoms with E-state index in [1.165, 1.54) is 0 Å². The van der Waals surface area contributed by atoms with Gasteiger partial charge in [-0.25, -0.2) is 0 Å². The highest BCUT2D eigenvalue weighted by Gasteiger charge is 2.20. The molecule has 3 heteroatoms. The van der Waals surface area contributed by atoms with Crippen LogP contribution in [0.5, 0.6) is 0 Å². The Balaban J connectivity index is 1.87. The van der Waals surface area contributed by atoms with Crippen molar-refractivity contribution in [3.63, 3.8) is 0 Å². The van der Waals surface area contributed by atoms with Crippen LogP contribution in [0.2, 0.25) is 0 Å². The van der Waals surface area contributed by atoms with Gasteiger partial charge in [0, 0.05) is 24.6 Å². The number of nitrogens with two attached hydrogens (primary N) is 1. The van der Waals surface area contributed by atoms with Crippen LogP contribution >= 0.6 is 0 Å². The van der Waals surface area contributed by atoms with Gasteiger partial charge in [-0.15, -0.1) is 0 Å². The summed E-state index contributed by atoms with van der Waals surface area (Å²) < 4.78 is 0. The number of piperidine rings is 1. The zero-order valence-corrected chi connectivity index (χ0v) is 11.1. The molecule has 0 aliphatic carbocycles. The third-order valence-electron chi connectivity index (χ3n) is 3.56. The fourth-order valence-electron chi connectivity index (χ4n) is 2.39. The second-order valence-electron chi connectivity index (χ2n) is 4.93. The van der Waals surface area contributed by atoms with Crippen molar-refractivity contribution in [3.05, 3.63) is 35.9 Å². The summed E-state index contributed by atoms with van der Waals surface area (Å²) in [6.45, 7) is 2.37. The molecule has 1 aliphatic heterocycles. The maximum Gasteiger partial charge on any atom is 0.298 e. The van der Waals surface area contributed by atoms with Crippen LogP contribution in [-0.2, 0) is 4.79 Å². The standard InChI is InChI=1S/C16H20N2O/c17-11-8-15-9-12-18(13-10-15)16(19)7-6-14-4-2-1-3-5-14/h1-5,15H,8-13,17H2. The lowest BCUT2D eigenvalue weighted by molar-refractivity contribution is -0.126. The van der Waals surface area contributed by atoms with Gasteiger partial charge in [-0.3, -0.25) is 4.79 Å². The van der Waals surface area contributed by atoms with Crippen LogP contribution in [0.15, 0.2) is 30.3 Å². The van der Waals surface area contributed by atoms with Crippen molar-refractivity contribution >= 4 is 5.91 Å². The third kappa shape index (κ3) is 4.11. The lowest BCUT2D eigenvalue weighted by atomic mass is 9.93. The summed E-state index contributed by atoms with van der Waals surface area (Å²) in [4.78, 5) is 13.8. The molecule has 0 spiro atoms. The molecule has 0 unspecified atom stereocenters. The molecule has 0 aromatic heterocycles. The summed E-state index contributed by atoms with van der Waals surface area (Å²) >= 11 is 0. The molecule has 2 N–H and O–H groups in total. The largest absolute Gasteiger partial charge is 0.332 e. The van der Waals surface area contributed by atoms with Gasteiger partial charge in [0.2, 0.25) is 0 Å². The highest BCUT2D eigenvalue weighted by molar-refractivity contribution is 5.94. The average molecular weight is 256 g/mol. The molecule has 1 aliphatic rings. The van der Waals surface area contributed by atoms with Gasteiger partial charge in [0.1, 0.15) is 0 Å². The van der Waals surface area contributed by atoms with Crippen molar-refractivity contribution in [2.24, 2.45) is 11.7 Å². The molecular formula is C16H20N2O. The number of amides is 1. The van der Waals surface area contributed by atoms with Crippen LogP contribution in [-0.4, -0.2) is 30.4 Å². The minimum atomic E-state index is -0.0601. The Labute approximate surface area is 114 Å². The second-order valence-corrected chi connectivity index (χ2v) is 4.93. The summed E-state index contributed by atoms with van der Waals surface area (Å²) in [5.74, 6) is 6.26. The number of carbonyl (C=O) groups is 1. The minimum Gasteiger partial charge on any atom is -0.332 e. The molecule has 1 amide bonds. The molecule has 1 aromatic rings. The van der Waals surface area contributed by atoms with Crippen molar-refractivity contribution in [3.8, 4) is 11.8 Å². The van der Waals surface area contributed by atoms with E-state index in [2.05, 4.69) is 11.8 Å². The molecule has 3 nitrogen and oxygen atoms in total. The summed E-state index contributed by atoms with van der Waals surface area (Å²) in [6.07, 6.45) is 3.17. The fourth-order valence-corrected chi connectivity index (χ4v) is 2.39. The Morgan fingerprint density at radius 2 is 1.95 bits per heavy atom. The van der Waals surface area contributed by atoms with Gasteiger partial charge in [0.25, 0.3) is 5.91 Å². The molecule has 0 saturated carbocycles. The number of hydrogen-bond donors (Lipinski definition) is 1. The maximum absolute atomic E-state index is 12.0. The highest BCUT2D eigenvalue weighted by atomic mass is 16.2. The van der Waals surface area contributed by atoms with E-state index in [4.69, 9.17) is 5.73 Å². The van der Waals surface area contributed by atoms with E-state index in [1.807, 2.05) is 35.2 Å². The monoisotopic (exact) mass is 256 g/mol. The Bertz CT molecular complexity index is 465. The summed E-state index contributed by atoms with van der Waals surface area (Å²) in [5, 5.41) is 0. The highest BCUT2D eigenvalue weighted by Crippen LogP contribution is 2.19. The molecule has 2 rings (SSSR count). The Morgan fingerprint density at radius 3 is 2.58 bits per heavy atom. The normalized spacial score (nSPS) is 15.7. The summed E-state index contributed by atoms with van der Waals surface area (Å²) in [6, 6.07) is 9.61. The maximum atomic E-state index is 12.0. The number of nitrogens with zero attached hydrogens (tertiary/aromatic N) is 1. The molecule has 1 aromatic carbocycles. The first-order chi connectivity index (χ1) is 9.29. The van der Waals surface area contributed by atoms with Crippen LogP contribution in [0.4, 0.5) is 0 Å². The lowest BCUT2D eigenvalue weighted by Gasteiger charge is -2.30. The van der Waals surface area contributed by atoms with E-state index >= 15 is 0 Å². The number of carbonyl (C=O) groups excluding carboxylic acids is 1. The van der Waals surface area contributed by atoms with E-state index in [-0.39, 0.29) is 5.91 Å². The van der Waals surface area contributed by atoms with Gasteiger partial charge in [0.15, 0.2) is 0 Å². The van der Waals surface area contributed by atoms with Gasteiger partial charge >= 0.3 is 0 Å². The van der Waals surface area contributed by atoms with Gasteiger partial charge in [-0.1, -0.05) is 24.1 Å². The first-order valence-electron chi connectivity index (χ1n) is 6.85. The average Bonchev–Trinajstić information content (AvgIpc) is 2.47. The molecule has 1 fully saturated rings. The van der Waals surface area contributed by atoms with E-state index in [0.29, 0.717) is 5.92 Å². The number of hydrogen-bond acceptors (Lipinski definition) is 2. The van der Waals surface area contributed by atoms with Gasteiger partial charge < -0.3 is 10.6 Å². The van der Waals surface area contributed by atoms with Crippen LogP contribution in [0.25, 0.3) is 0 Å². The molecule has 19 heavy (non-hydrogen) atoms. The summed E-state index contributed by atoms with van der Waals surface area (Å²) in [5.41, 5.74) is 6.45. The first-order valence-corrected chi connectivity index (χ1v) is 6.85. The molecular weight excluding hydrogens is 236 g/mol. The van der Waals surface area contributed by atoms with E-state index in [9.17, 15) is 4.79 Å².